The topological polar surface area (TPSA) is 105 Å². The monoisotopic (exact) mass is 347 g/mol. The van der Waals surface area contributed by atoms with E-state index < -0.39 is 23.7 Å². The third-order valence-electron chi connectivity index (χ3n) is 4.41. The van der Waals surface area contributed by atoms with Crippen molar-refractivity contribution in [2.75, 3.05) is 0 Å². The summed E-state index contributed by atoms with van der Waals surface area (Å²) < 4.78 is 18.4. The number of carboxylic acid groups (broad SMARTS) is 1. The molecule has 7 nitrogen and oxygen atoms in total. The van der Waals surface area contributed by atoms with Crippen molar-refractivity contribution in [2.24, 2.45) is 11.8 Å². The second-order valence-corrected chi connectivity index (χ2v) is 6.24. The molecule has 1 amide bonds. The molecule has 0 bridgehead atoms. The zero-order chi connectivity index (χ0) is 18.0. The van der Waals surface area contributed by atoms with Gasteiger partial charge in [0.25, 0.3) is 0 Å². The van der Waals surface area contributed by atoms with Gasteiger partial charge in [-0.15, -0.1) is 0 Å². The molecule has 3 rings (SSSR count). The molecular weight excluding hydrogens is 329 g/mol. The molecule has 1 aromatic carbocycles. The molecule has 8 heteroatoms. The zero-order valence-corrected chi connectivity index (χ0v) is 13.6. The number of amides is 1. The summed E-state index contributed by atoms with van der Waals surface area (Å²) in [6.07, 6.45) is 1.40. The number of carbonyl (C=O) groups excluding carboxylic acids is 1. The van der Waals surface area contributed by atoms with E-state index in [4.69, 9.17) is 9.63 Å². The van der Waals surface area contributed by atoms with Crippen LogP contribution in [0.15, 0.2) is 28.8 Å². The number of halogens is 1. The molecule has 1 aromatic heterocycles. The number of aromatic nitrogens is 2. The summed E-state index contributed by atoms with van der Waals surface area (Å²) in [5, 5.41) is 15.6. The van der Waals surface area contributed by atoms with E-state index in [2.05, 4.69) is 15.5 Å². The highest BCUT2D eigenvalue weighted by atomic mass is 19.1. The van der Waals surface area contributed by atoms with Crippen molar-refractivity contribution in [3.8, 4) is 11.4 Å². The van der Waals surface area contributed by atoms with Gasteiger partial charge in [0.15, 0.2) is 0 Å². The van der Waals surface area contributed by atoms with Crippen LogP contribution in [-0.4, -0.2) is 27.1 Å². The van der Waals surface area contributed by atoms with Crippen molar-refractivity contribution >= 4 is 11.9 Å². The van der Waals surface area contributed by atoms with Crippen LogP contribution in [0.25, 0.3) is 11.4 Å². The third-order valence-corrected chi connectivity index (χ3v) is 4.41. The van der Waals surface area contributed by atoms with E-state index in [9.17, 15) is 14.0 Å². The minimum atomic E-state index is -0.861. The van der Waals surface area contributed by atoms with Crippen molar-refractivity contribution < 1.29 is 23.6 Å². The highest BCUT2D eigenvalue weighted by molar-refractivity contribution is 5.81. The van der Waals surface area contributed by atoms with Crippen molar-refractivity contribution in [1.29, 1.82) is 0 Å². The van der Waals surface area contributed by atoms with Crippen molar-refractivity contribution in [2.45, 2.75) is 32.2 Å². The van der Waals surface area contributed by atoms with Gasteiger partial charge in [0.1, 0.15) is 11.9 Å². The van der Waals surface area contributed by atoms with Crippen LogP contribution in [-0.2, 0) is 9.59 Å². The second kappa shape index (κ2) is 7.00. The molecule has 0 spiro atoms. The Hall–Kier alpha value is -2.77. The lowest BCUT2D eigenvalue weighted by Crippen LogP contribution is -2.32. The first-order valence-corrected chi connectivity index (χ1v) is 8.06. The molecule has 0 aliphatic heterocycles. The SMILES string of the molecule is CC(NC(=O)[C@@H]1CC[C@H](C(=O)O)C1)c1nc(-c2cccc(F)c2)no1. The van der Waals surface area contributed by atoms with Crippen LogP contribution in [0.3, 0.4) is 0 Å². The second-order valence-electron chi connectivity index (χ2n) is 6.24. The number of benzene rings is 1. The average molecular weight is 347 g/mol. The Morgan fingerprint density at radius 2 is 2.12 bits per heavy atom. The Bertz CT molecular complexity index is 792. The standard InChI is InChI=1S/C17H18FN3O4/c1-9(19-15(22)11-5-6-12(7-11)17(23)24)16-20-14(21-25-16)10-3-2-4-13(18)8-10/h2-4,8-9,11-12H,5-7H2,1H3,(H,19,22)(H,23,24)/t9?,11-,12+/m1/s1. The number of carboxylic acids is 1. The first kappa shape index (κ1) is 17.1. The lowest BCUT2D eigenvalue weighted by atomic mass is 10.0. The molecule has 1 unspecified atom stereocenters. The fourth-order valence-electron chi connectivity index (χ4n) is 2.99. The smallest absolute Gasteiger partial charge is 0.306 e. The molecule has 2 aromatic rings. The Morgan fingerprint density at radius 3 is 2.80 bits per heavy atom. The predicted octanol–water partition coefficient (Wildman–Crippen LogP) is 2.55. The Balaban J connectivity index is 1.63. The van der Waals surface area contributed by atoms with Crippen molar-refractivity contribution in [1.82, 2.24) is 15.5 Å². The normalized spacial score (nSPS) is 21.0. The van der Waals surface area contributed by atoms with E-state index in [-0.39, 0.29) is 23.5 Å². The number of carbonyl (C=O) groups is 2. The summed E-state index contributed by atoms with van der Waals surface area (Å²) >= 11 is 0. The van der Waals surface area contributed by atoms with Crippen LogP contribution >= 0.6 is 0 Å². The molecule has 1 heterocycles. The summed E-state index contributed by atoms with van der Waals surface area (Å²) in [5.74, 6) is -1.83. The van der Waals surface area contributed by atoms with Crippen LogP contribution in [0.1, 0.15) is 38.1 Å². The molecule has 1 aliphatic carbocycles. The van der Waals surface area contributed by atoms with Gasteiger partial charge in [-0.25, -0.2) is 4.39 Å². The van der Waals surface area contributed by atoms with Gasteiger partial charge in [0, 0.05) is 11.5 Å². The van der Waals surface area contributed by atoms with Gasteiger partial charge >= 0.3 is 5.97 Å². The molecule has 132 valence electrons. The van der Waals surface area contributed by atoms with Crippen LogP contribution < -0.4 is 5.32 Å². The number of nitrogens with zero attached hydrogens (tertiary/aromatic N) is 2. The number of hydrogen-bond acceptors (Lipinski definition) is 5. The number of rotatable bonds is 5. The predicted molar refractivity (Wildman–Crippen MR) is 84.7 cm³/mol. The molecule has 0 saturated heterocycles. The fraction of sp³-hybridized carbons (Fsp3) is 0.412. The Morgan fingerprint density at radius 1 is 1.36 bits per heavy atom. The van der Waals surface area contributed by atoms with Crippen molar-refractivity contribution in [3.05, 3.63) is 36.0 Å². The minimum absolute atomic E-state index is 0.209. The minimum Gasteiger partial charge on any atom is -0.481 e. The number of hydrogen-bond donors (Lipinski definition) is 2. The van der Waals surface area contributed by atoms with Crippen molar-refractivity contribution in [3.63, 3.8) is 0 Å². The van der Waals surface area contributed by atoms with E-state index in [0.717, 1.165) is 0 Å². The maximum absolute atomic E-state index is 13.3. The van der Waals surface area contributed by atoms with Gasteiger partial charge in [-0.05, 0) is 38.3 Å². The quantitative estimate of drug-likeness (QED) is 0.861. The van der Waals surface area contributed by atoms with Gasteiger partial charge in [0.05, 0.1) is 5.92 Å². The molecule has 1 aliphatic rings. The molecule has 2 N–H and O–H groups in total. The summed E-state index contributed by atoms with van der Waals surface area (Å²) in [4.78, 5) is 27.4. The fourth-order valence-corrected chi connectivity index (χ4v) is 2.99. The van der Waals surface area contributed by atoms with Gasteiger partial charge in [-0.1, -0.05) is 17.3 Å². The van der Waals surface area contributed by atoms with Gasteiger partial charge in [0.2, 0.25) is 17.6 Å². The summed E-state index contributed by atoms with van der Waals surface area (Å²) in [6, 6.07) is 5.30. The molecule has 25 heavy (non-hydrogen) atoms. The van der Waals surface area contributed by atoms with Gasteiger partial charge < -0.3 is 14.9 Å². The Kier molecular flexibility index (Phi) is 4.78. The molecule has 3 atom stereocenters. The lowest BCUT2D eigenvalue weighted by molar-refractivity contribution is -0.141. The summed E-state index contributed by atoms with van der Waals surface area (Å²) in [6.45, 7) is 1.70. The largest absolute Gasteiger partial charge is 0.481 e. The Labute approximate surface area is 143 Å². The third kappa shape index (κ3) is 3.84. The van der Waals surface area contributed by atoms with E-state index in [1.165, 1.54) is 12.1 Å². The van der Waals surface area contributed by atoms with Gasteiger partial charge in [-0.2, -0.15) is 4.98 Å². The van der Waals surface area contributed by atoms with E-state index in [0.29, 0.717) is 24.8 Å². The maximum atomic E-state index is 13.3. The number of nitrogens with one attached hydrogen (secondary N) is 1. The molecule has 1 fully saturated rings. The molecular formula is C17H18FN3O4. The van der Waals surface area contributed by atoms with E-state index in [1.807, 2.05) is 0 Å². The van der Waals surface area contributed by atoms with E-state index in [1.54, 1.807) is 19.1 Å². The highest BCUT2D eigenvalue weighted by Crippen LogP contribution is 2.31. The average Bonchev–Trinajstić information content (AvgIpc) is 3.24. The van der Waals surface area contributed by atoms with Crippen LogP contribution in [0.4, 0.5) is 4.39 Å². The maximum Gasteiger partial charge on any atom is 0.306 e. The zero-order valence-electron chi connectivity index (χ0n) is 13.6. The summed E-state index contributed by atoms with van der Waals surface area (Å²) in [7, 11) is 0. The highest BCUT2D eigenvalue weighted by Gasteiger charge is 2.34. The van der Waals surface area contributed by atoms with Gasteiger partial charge in [-0.3, -0.25) is 9.59 Å². The van der Waals surface area contributed by atoms with E-state index >= 15 is 0 Å². The number of aliphatic carboxylic acids is 1. The van der Waals surface area contributed by atoms with Crippen LogP contribution in [0, 0.1) is 17.7 Å². The van der Waals surface area contributed by atoms with Crippen LogP contribution in [0.5, 0.6) is 0 Å². The first-order valence-electron chi connectivity index (χ1n) is 8.06. The first-order chi connectivity index (χ1) is 11.9. The molecule has 0 radical (unpaired) electrons. The lowest BCUT2D eigenvalue weighted by Gasteiger charge is -2.14. The molecule has 1 saturated carbocycles. The van der Waals surface area contributed by atoms with Crippen LogP contribution in [0.2, 0.25) is 0 Å². The summed E-state index contributed by atoms with van der Waals surface area (Å²) in [5.41, 5.74) is 0.480.